The smallest absolute Gasteiger partial charge is 0.306 e. The number of aliphatic carboxylic acids is 1. The minimum absolute atomic E-state index is 0.150. The molecule has 2 rings (SSSR count). The normalized spacial score (nSPS) is 24.6. The quantitative estimate of drug-likeness (QED) is 0.841. The second-order valence-corrected chi connectivity index (χ2v) is 4.80. The van der Waals surface area contributed by atoms with Crippen LogP contribution in [0.2, 0.25) is 0 Å². The van der Waals surface area contributed by atoms with Crippen LogP contribution < -0.4 is 5.32 Å². The lowest BCUT2D eigenvalue weighted by Gasteiger charge is -2.27. The molecule has 1 saturated carbocycles. The molecule has 0 aliphatic heterocycles. The van der Waals surface area contributed by atoms with E-state index in [1.807, 2.05) is 24.9 Å². The summed E-state index contributed by atoms with van der Waals surface area (Å²) < 4.78 is 1.84. The summed E-state index contributed by atoms with van der Waals surface area (Å²) in [4.78, 5) is 10.8. The zero-order chi connectivity index (χ0) is 12.4. The number of hydrogen-bond donors (Lipinski definition) is 2. The summed E-state index contributed by atoms with van der Waals surface area (Å²) in [5, 5.41) is 16.6. The predicted octanol–water partition coefficient (Wildman–Crippen LogP) is 1.78. The Kier molecular flexibility index (Phi) is 3.36. The summed E-state index contributed by atoms with van der Waals surface area (Å²) in [6.45, 7) is 2.03. The molecule has 1 fully saturated rings. The van der Waals surface area contributed by atoms with E-state index in [4.69, 9.17) is 5.11 Å². The summed E-state index contributed by atoms with van der Waals surface area (Å²) in [6, 6.07) is 0.383. The molecule has 0 atom stereocenters. The molecule has 1 aromatic rings. The first-order chi connectivity index (χ1) is 8.08. The molecule has 17 heavy (non-hydrogen) atoms. The molecule has 0 aromatic carbocycles. The monoisotopic (exact) mass is 237 g/mol. The maximum Gasteiger partial charge on any atom is 0.306 e. The largest absolute Gasteiger partial charge is 0.481 e. The third kappa shape index (κ3) is 2.60. The average Bonchev–Trinajstić information content (AvgIpc) is 2.62. The number of hydrogen-bond acceptors (Lipinski definition) is 3. The van der Waals surface area contributed by atoms with Crippen molar-refractivity contribution < 1.29 is 9.90 Å². The maximum absolute atomic E-state index is 10.8. The van der Waals surface area contributed by atoms with E-state index >= 15 is 0 Å². The lowest BCUT2D eigenvalue weighted by atomic mass is 9.86. The number of aromatic nitrogens is 2. The topological polar surface area (TPSA) is 67.2 Å². The molecule has 1 aromatic heterocycles. The van der Waals surface area contributed by atoms with Crippen LogP contribution in [0.15, 0.2) is 6.20 Å². The van der Waals surface area contributed by atoms with Gasteiger partial charge in [-0.05, 0) is 32.6 Å². The zero-order valence-electron chi connectivity index (χ0n) is 10.3. The van der Waals surface area contributed by atoms with Crippen LogP contribution >= 0.6 is 0 Å². The van der Waals surface area contributed by atoms with Gasteiger partial charge in [-0.2, -0.15) is 5.10 Å². The van der Waals surface area contributed by atoms with Gasteiger partial charge in [0.1, 0.15) is 0 Å². The second kappa shape index (κ2) is 4.77. The molecule has 1 heterocycles. The first-order valence-corrected chi connectivity index (χ1v) is 6.06. The van der Waals surface area contributed by atoms with Gasteiger partial charge in [0.2, 0.25) is 0 Å². The van der Waals surface area contributed by atoms with E-state index < -0.39 is 5.97 Å². The zero-order valence-corrected chi connectivity index (χ0v) is 10.3. The predicted molar refractivity (Wildman–Crippen MR) is 64.9 cm³/mol. The molecule has 0 unspecified atom stereocenters. The van der Waals surface area contributed by atoms with Crippen LogP contribution in [0.1, 0.15) is 31.4 Å². The van der Waals surface area contributed by atoms with Gasteiger partial charge in [-0.3, -0.25) is 9.48 Å². The van der Waals surface area contributed by atoms with Gasteiger partial charge in [0, 0.05) is 13.1 Å². The van der Waals surface area contributed by atoms with Crippen molar-refractivity contribution in [3.63, 3.8) is 0 Å². The van der Waals surface area contributed by atoms with Crippen molar-refractivity contribution in [3.05, 3.63) is 11.9 Å². The van der Waals surface area contributed by atoms with Gasteiger partial charge in [-0.1, -0.05) is 0 Å². The molecule has 1 aliphatic carbocycles. The van der Waals surface area contributed by atoms with E-state index in [-0.39, 0.29) is 5.92 Å². The van der Waals surface area contributed by atoms with Crippen molar-refractivity contribution in [2.75, 3.05) is 5.32 Å². The highest BCUT2D eigenvalue weighted by atomic mass is 16.4. The number of carbonyl (C=O) groups is 1. The highest BCUT2D eigenvalue weighted by molar-refractivity contribution is 5.70. The molecule has 0 amide bonds. The van der Waals surface area contributed by atoms with Crippen LogP contribution in [0.4, 0.5) is 5.69 Å². The Bertz CT molecular complexity index is 406. The molecule has 0 spiro atoms. The minimum Gasteiger partial charge on any atom is -0.481 e. The Morgan fingerprint density at radius 3 is 2.59 bits per heavy atom. The van der Waals surface area contributed by atoms with Gasteiger partial charge in [0.25, 0.3) is 0 Å². The Morgan fingerprint density at radius 2 is 2.12 bits per heavy atom. The second-order valence-electron chi connectivity index (χ2n) is 4.80. The number of rotatable bonds is 3. The number of carboxylic acids is 1. The summed E-state index contributed by atoms with van der Waals surface area (Å²) >= 11 is 0. The van der Waals surface area contributed by atoms with Gasteiger partial charge < -0.3 is 10.4 Å². The van der Waals surface area contributed by atoms with E-state index in [1.54, 1.807) is 0 Å². The highest BCUT2D eigenvalue weighted by Crippen LogP contribution is 2.27. The molecule has 2 N–H and O–H groups in total. The molecule has 0 saturated heterocycles. The van der Waals surface area contributed by atoms with E-state index in [0.29, 0.717) is 6.04 Å². The standard InChI is InChI=1S/C12H19N3O2/c1-8-11(7-13-15(8)2)14-10-5-3-9(4-6-10)12(16)17/h7,9-10,14H,3-6H2,1-2H3,(H,16,17). The Labute approximate surface area is 101 Å². The number of nitrogens with one attached hydrogen (secondary N) is 1. The fraction of sp³-hybridized carbons (Fsp3) is 0.667. The van der Waals surface area contributed by atoms with Crippen LogP contribution in [-0.2, 0) is 11.8 Å². The van der Waals surface area contributed by atoms with Crippen LogP contribution in [0, 0.1) is 12.8 Å². The van der Waals surface area contributed by atoms with Crippen molar-refractivity contribution >= 4 is 11.7 Å². The first-order valence-electron chi connectivity index (χ1n) is 6.06. The van der Waals surface area contributed by atoms with Gasteiger partial charge in [-0.25, -0.2) is 0 Å². The molecule has 0 radical (unpaired) electrons. The third-order valence-corrected chi connectivity index (χ3v) is 3.67. The molecule has 5 heteroatoms. The molecular weight excluding hydrogens is 218 g/mol. The van der Waals surface area contributed by atoms with E-state index in [9.17, 15) is 4.79 Å². The van der Waals surface area contributed by atoms with Crippen LogP contribution in [-0.4, -0.2) is 26.9 Å². The third-order valence-electron chi connectivity index (χ3n) is 3.67. The fourth-order valence-corrected chi connectivity index (χ4v) is 2.35. The molecule has 5 nitrogen and oxygen atoms in total. The van der Waals surface area contributed by atoms with Crippen LogP contribution in [0.5, 0.6) is 0 Å². The Morgan fingerprint density at radius 1 is 1.47 bits per heavy atom. The van der Waals surface area contributed by atoms with E-state index in [2.05, 4.69) is 10.4 Å². The van der Waals surface area contributed by atoms with E-state index in [0.717, 1.165) is 37.1 Å². The summed E-state index contributed by atoms with van der Waals surface area (Å²) in [6.07, 6.45) is 5.22. The van der Waals surface area contributed by atoms with Gasteiger partial charge in [0.05, 0.1) is 23.5 Å². The number of nitrogens with zero attached hydrogens (tertiary/aromatic N) is 2. The van der Waals surface area contributed by atoms with Crippen molar-refractivity contribution in [3.8, 4) is 0 Å². The molecular formula is C12H19N3O2. The van der Waals surface area contributed by atoms with Crippen molar-refractivity contribution in [2.45, 2.75) is 38.6 Å². The SMILES string of the molecule is Cc1c(NC2CCC(C(=O)O)CC2)cnn1C. The minimum atomic E-state index is -0.652. The summed E-state index contributed by atoms with van der Waals surface area (Å²) in [7, 11) is 1.92. The summed E-state index contributed by atoms with van der Waals surface area (Å²) in [5.74, 6) is -0.802. The van der Waals surface area contributed by atoms with Crippen LogP contribution in [0.3, 0.4) is 0 Å². The maximum atomic E-state index is 10.8. The Hall–Kier alpha value is -1.52. The molecule has 0 bridgehead atoms. The number of carboxylic acid groups (broad SMARTS) is 1. The highest BCUT2D eigenvalue weighted by Gasteiger charge is 2.26. The van der Waals surface area contributed by atoms with Crippen molar-refractivity contribution in [1.82, 2.24) is 9.78 Å². The molecule has 1 aliphatic rings. The number of anilines is 1. The lowest BCUT2D eigenvalue weighted by Crippen LogP contribution is -2.29. The van der Waals surface area contributed by atoms with Gasteiger partial charge >= 0.3 is 5.97 Å². The number of aryl methyl sites for hydroxylation is 1. The average molecular weight is 237 g/mol. The van der Waals surface area contributed by atoms with Gasteiger partial charge in [-0.15, -0.1) is 0 Å². The lowest BCUT2D eigenvalue weighted by molar-refractivity contribution is -0.142. The van der Waals surface area contributed by atoms with Crippen LogP contribution in [0.25, 0.3) is 0 Å². The van der Waals surface area contributed by atoms with E-state index in [1.165, 1.54) is 0 Å². The van der Waals surface area contributed by atoms with Crippen molar-refractivity contribution in [1.29, 1.82) is 0 Å². The molecule has 94 valence electrons. The first kappa shape index (κ1) is 12.0. The fourth-order valence-electron chi connectivity index (χ4n) is 2.35. The van der Waals surface area contributed by atoms with Crippen molar-refractivity contribution in [2.24, 2.45) is 13.0 Å². The summed E-state index contributed by atoms with van der Waals surface area (Å²) in [5.41, 5.74) is 2.18. The Balaban J connectivity index is 1.90. The van der Waals surface area contributed by atoms with Gasteiger partial charge in [0.15, 0.2) is 0 Å².